The predicted molar refractivity (Wildman–Crippen MR) is 60.4 cm³/mol. The number of fused-ring (bicyclic) bond motifs is 1. The molecule has 3 aliphatic rings. The van der Waals surface area contributed by atoms with Gasteiger partial charge in [0.25, 0.3) is 0 Å². The van der Waals surface area contributed by atoms with Crippen LogP contribution in [0.1, 0.15) is 25.7 Å². The fourth-order valence-electron chi connectivity index (χ4n) is 3.24. The summed E-state index contributed by atoms with van der Waals surface area (Å²) in [4.78, 5) is 27.8. The molecule has 0 aromatic heterocycles. The van der Waals surface area contributed by atoms with Crippen LogP contribution in [0.5, 0.6) is 0 Å². The Morgan fingerprint density at radius 2 is 1.88 bits per heavy atom. The third-order valence-electron chi connectivity index (χ3n) is 4.30. The van der Waals surface area contributed by atoms with E-state index in [2.05, 4.69) is 0 Å². The number of urea groups is 1. The highest BCUT2D eigenvalue weighted by atomic mass is 16.5. The number of nitrogens with zero attached hydrogens (tertiary/aromatic N) is 2. The highest BCUT2D eigenvalue weighted by Crippen LogP contribution is 2.32. The van der Waals surface area contributed by atoms with Crippen LogP contribution in [0.25, 0.3) is 0 Å². The van der Waals surface area contributed by atoms with Crippen molar-refractivity contribution < 1.29 is 14.3 Å². The summed E-state index contributed by atoms with van der Waals surface area (Å²) in [5, 5.41) is 0. The van der Waals surface area contributed by atoms with Gasteiger partial charge in [-0.25, -0.2) is 4.79 Å². The molecule has 5 heteroatoms. The van der Waals surface area contributed by atoms with Gasteiger partial charge in [-0.05, 0) is 12.8 Å². The summed E-state index contributed by atoms with van der Waals surface area (Å²) in [6.07, 6.45) is 4.17. The Morgan fingerprint density at radius 3 is 2.59 bits per heavy atom. The minimum absolute atomic E-state index is 0.0116. The van der Waals surface area contributed by atoms with Gasteiger partial charge in [0.2, 0.25) is 5.91 Å². The van der Waals surface area contributed by atoms with E-state index in [0.717, 1.165) is 25.7 Å². The van der Waals surface area contributed by atoms with Crippen molar-refractivity contribution in [2.24, 2.45) is 5.92 Å². The highest BCUT2D eigenvalue weighted by Gasteiger charge is 2.49. The Balaban J connectivity index is 1.87. The van der Waals surface area contributed by atoms with E-state index < -0.39 is 0 Å². The van der Waals surface area contributed by atoms with Crippen molar-refractivity contribution in [1.82, 2.24) is 9.80 Å². The van der Waals surface area contributed by atoms with Gasteiger partial charge in [0.05, 0.1) is 25.2 Å². The lowest BCUT2D eigenvalue weighted by molar-refractivity contribution is -0.139. The molecule has 3 rings (SSSR count). The van der Waals surface area contributed by atoms with Gasteiger partial charge < -0.3 is 9.64 Å². The number of ether oxygens (including phenoxy) is 1. The first-order chi connectivity index (χ1) is 8.20. The first-order valence-corrected chi connectivity index (χ1v) is 6.38. The molecule has 17 heavy (non-hydrogen) atoms. The zero-order chi connectivity index (χ0) is 12.0. The molecule has 0 bridgehead atoms. The lowest BCUT2D eigenvalue weighted by atomic mass is 9.97. The van der Waals surface area contributed by atoms with E-state index in [-0.39, 0.29) is 29.9 Å². The number of carbonyl (C=O) groups is 2. The van der Waals surface area contributed by atoms with Crippen LogP contribution in [-0.2, 0) is 9.53 Å². The lowest BCUT2D eigenvalue weighted by Gasteiger charge is -2.41. The molecule has 94 valence electrons. The minimum atomic E-state index is -0.140. The molecule has 0 radical (unpaired) electrons. The van der Waals surface area contributed by atoms with Gasteiger partial charge in [0, 0.05) is 13.1 Å². The second-order valence-electron chi connectivity index (χ2n) is 5.25. The van der Waals surface area contributed by atoms with Crippen LogP contribution in [0.3, 0.4) is 0 Å². The molecule has 2 saturated heterocycles. The molecule has 0 N–H and O–H groups in total. The van der Waals surface area contributed by atoms with E-state index in [1.54, 1.807) is 11.9 Å². The third-order valence-corrected chi connectivity index (χ3v) is 4.30. The number of hydrogen-bond donors (Lipinski definition) is 0. The fourth-order valence-corrected chi connectivity index (χ4v) is 3.24. The summed E-state index contributed by atoms with van der Waals surface area (Å²) < 4.78 is 5.35. The Labute approximate surface area is 101 Å². The standard InChI is InChI=1S/C12H18N2O3/c1-13-10-7-17-6-9(10)11(15)14(12(13)16)8-4-2-3-5-8/h8-10H,2-7H2,1H3. The molecule has 2 heterocycles. The van der Waals surface area contributed by atoms with Gasteiger partial charge in [-0.2, -0.15) is 0 Å². The summed E-state index contributed by atoms with van der Waals surface area (Å²) in [6.45, 7) is 0.960. The number of imide groups is 1. The van der Waals surface area contributed by atoms with Gasteiger partial charge in [-0.3, -0.25) is 9.69 Å². The van der Waals surface area contributed by atoms with Crippen LogP contribution in [0.15, 0.2) is 0 Å². The molecular weight excluding hydrogens is 220 g/mol. The van der Waals surface area contributed by atoms with Crippen LogP contribution in [0.4, 0.5) is 4.79 Å². The third kappa shape index (κ3) is 1.56. The van der Waals surface area contributed by atoms with Crippen LogP contribution < -0.4 is 0 Å². The van der Waals surface area contributed by atoms with E-state index in [1.165, 1.54) is 4.90 Å². The predicted octanol–water partition coefficient (Wildman–Crippen LogP) is 0.838. The van der Waals surface area contributed by atoms with Crippen molar-refractivity contribution in [3.8, 4) is 0 Å². The molecule has 2 aliphatic heterocycles. The molecule has 2 atom stereocenters. The number of carbonyl (C=O) groups excluding carboxylic acids is 2. The van der Waals surface area contributed by atoms with Crippen molar-refractivity contribution >= 4 is 11.9 Å². The molecule has 3 fully saturated rings. The van der Waals surface area contributed by atoms with Crippen molar-refractivity contribution in [1.29, 1.82) is 0 Å². The average Bonchev–Trinajstić information content (AvgIpc) is 2.97. The van der Waals surface area contributed by atoms with E-state index in [0.29, 0.717) is 13.2 Å². The summed E-state index contributed by atoms with van der Waals surface area (Å²) in [5.74, 6) is -0.152. The van der Waals surface area contributed by atoms with Gasteiger partial charge in [-0.15, -0.1) is 0 Å². The molecule has 0 aromatic rings. The molecule has 0 spiro atoms. The molecule has 1 aliphatic carbocycles. The van der Waals surface area contributed by atoms with Crippen LogP contribution in [-0.4, -0.2) is 54.1 Å². The van der Waals surface area contributed by atoms with E-state index in [9.17, 15) is 9.59 Å². The van der Waals surface area contributed by atoms with Crippen molar-refractivity contribution in [2.75, 3.05) is 20.3 Å². The second kappa shape index (κ2) is 3.98. The number of hydrogen-bond acceptors (Lipinski definition) is 3. The maximum absolute atomic E-state index is 12.3. The van der Waals surface area contributed by atoms with Gasteiger partial charge in [-0.1, -0.05) is 12.8 Å². The van der Waals surface area contributed by atoms with Gasteiger partial charge in [0.1, 0.15) is 0 Å². The molecule has 5 nitrogen and oxygen atoms in total. The Kier molecular flexibility index (Phi) is 2.58. The summed E-state index contributed by atoms with van der Waals surface area (Å²) in [7, 11) is 1.78. The Hall–Kier alpha value is -1.10. The summed E-state index contributed by atoms with van der Waals surface area (Å²) in [5.41, 5.74) is 0. The van der Waals surface area contributed by atoms with Gasteiger partial charge in [0.15, 0.2) is 0 Å². The highest BCUT2D eigenvalue weighted by molar-refractivity contribution is 5.99. The average molecular weight is 238 g/mol. The maximum atomic E-state index is 12.3. The lowest BCUT2D eigenvalue weighted by Crippen LogP contribution is -2.62. The van der Waals surface area contributed by atoms with Crippen LogP contribution in [0, 0.1) is 5.92 Å². The number of likely N-dealkylation sites (N-methyl/N-ethyl adjacent to an activating group) is 1. The second-order valence-corrected chi connectivity index (χ2v) is 5.25. The molecule has 1 saturated carbocycles. The van der Waals surface area contributed by atoms with Crippen molar-refractivity contribution in [2.45, 2.75) is 37.8 Å². The molecule has 0 aromatic carbocycles. The summed E-state index contributed by atoms with van der Waals surface area (Å²) in [6, 6.07) is -0.0553. The Morgan fingerprint density at radius 1 is 1.18 bits per heavy atom. The number of rotatable bonds is 1. The number of amides is 3. The largest absolute Gasteiger partial charge is 0.378 e. The summed E-state index contributed by atoms with van der Waals surface area (Å²) >= 11 is 0. The van der Waals surface area contributed by atoms with E-state index in [1.807, 2.05) is 0 Å². The zero-order valence-electron chi connectivity index (χ0n) is 10.1. The first-order valence-electron chi connectivity index (χ1n) is 6.38. The molecule has 3 amide bonds. The monoisotopic (exact) mass is 238 g/mol. The molecular formula is C12H18N2O3. The van der Waals surface area contributed by atoms with E-state index >= 15 is 0 Å². The quantitative estimate of drug-likeness (QED) is 0.680. The normalized spacial score (nSPS) is 34.6. The first kappa shape index (κ1) is 11.0. The van der Waals surface area contributed by atoms with Crippen molar-refractivity contribution in [3.63, 3.8) is 0 Å². The topological polar surface area (TPSA) is 49.9 Å². The minimum Gasteiger partial charge on any atom is -0.378 e. The van der Waals surface area contributed by atoms with Crippen LogP contribution >= 0.6 is 0 Å². The zero-order valence-corrected chi connectivity index (χ0v) is 10.1. The Bertz CT molecular complexity index is 352. The van der Waals surface area contributed by atoms with E-state index in [4.69, 9.17) is 4.74 Å². The van der Waals surface area contributed by atoms with Crippen molar-refractivity contribution in [3.05, 3.63) is 0 Å². The smallest absolute Gasteiger partial charge is 0.327 e. The van der Waals surface area contributed by atoms with Crippen LogP contribution in [0.2, 0.25) is 0 Å². The fraction of sp³-hybridized carbons (Fsp3) is 0.833. The SMILES string of the molecule is CN1C(=O)N(C2CCCC2)C(=O)C2COCC21. The van der Waals surface area contributed by atoms with Gasteiger partial charge >= 0.3 is 6.03 Å². The maximum Gasteiger partial charge on any atom is 0.327 e. The molecule has 2 unspecified atom stereocenters.